The Morgan fingerprint density at radius 3 is 1.91 bits per heavy atom. The first-order valence-corrected chi connectivity index (χ1v) is 27.3. The molecule has 0 saturated carbocycles. The van der Waals surface area contributed by atoms with Crippen LogP contribution in [0.15, 0.2) is 133 Å². The average Bonchev–Trinajstić information content (AvgIpc) is 4.42. The van der Waals surface area contributed by atoms with E-state index >= 15 is 0 Å². The maximum absolute atomic E-state index is 14.8. The van der Waals surface area contributed by atoms with E-state index in [1.165, 1.54) is 37.1 Å². The van der Waals surface area contributed by atoms with Crippen LogP contribution in [0.2, 0.25) is 0 Å². The molecule has 0 radical (unpaired) electrons. The van der Waals surface area contributed by atoms with Gasteiger partial charge in [-0.1, -0.05) is 86.6 Å². The number of hydrogen-bond donors (Lipinski definition) is 3. The fourth-order valence-electron chi connectivity index (χ4n) is 9.64. The number of nitrogens with one attached hydrogen (secondary N) is 3. The number of nitrogens with zero attached hydrogens (tertiary/aromatic N) is 7. The number of esters is 1. The van der Waals surface area contributed by atoms with Crippen molar-refractivity contribution in [2.24, 2.45) is 5.92 Å². The van der Waals surface area contributed by atoms with Crippen LogP contribution in [0.25, 0.3) is 22.3 Å². The van der Waals surface area contributed by atoms with Crippen LogP contribution in [0.4, 0.5) is 11.8 Å². The Kier molecular flexibility index (Phi) is 15.8. The number of rotatable bonds is 20. The van der Waals surface area contributed by atoms with E-state index in [1.807, 2.05) is 84.9 Å². The molecule has 410 valence electrons. The number of imidazole rings is 2. The minimum Gasteiger partial charge on any atom is -0.497 e. The summed E-state index contributed by atoms with van der Waals surface area (Å²) in [7, 11) is -0.922. The predicted octanol–water partition coefficient (Wildman–Crippen LogP) is 7.56. The van der Waals surface area contributed by atoms with Crippen LogP contribution < -0.4 is 25.7 Å². The number of amides is 2. The number of anilines is 2. The van der Waals surface area contributed by atoms with Gasteiger partial charge in [0.15, 0.2) is 28.1 Å². The minimum absolute atomic E-state index is 0.0163. The highest BCUT2D eigenvalue weighted by atomic mass is 31.2. The second-order valence-corrected chi connectivity index (χ2v) is 21.2. The third-order valence-corrected chi connectivity index (χ3v) is 14.8. The van der Waals surface area contributed by atoms with Crippen LogP contribution in [0.3, 0.4) is 0 Å². The Morgan fingerprint density at radius 2 is 1.30 bits per heavy atom. The number of carbonyl (C=O) groups is 3. The summed E-state index contributed by atoms with van der Waals surface area (Å²) in [4.78, 5) is 76.0. The zero-order valence-electron chi connectivity index (χ0n) is 43.9. The molecular weight excluding hydrogens is 1040 g/mol. The Morgan fingerprint density at radius 1 is 0.734 bits per heavy atom. The zero-order valence-corrected chi connectivity index (χ0v) is 44.8. The van der Waals surface area contributed by atoms with E-state index in [2.05, 4.69) is 40.5 Å². The molecule has 24 heteroatoms. The molecule has 3 N–H and O–H groups in total. The molecule has 1 unspecified atom stereocenters. The van der Waals surface area contributed by atoms with Crippen LogP contribution >= 0.6 is 7.60 Å². The Bertz CT molecular complexity index is 3530. The number of hydrogen-bond acceptors (Lipinski definition) is 18. The molecule has 0 bridgehead atoms. The zero-order chi connectivity index (χ0) is 55.4. The number of methoxy groups -OCH3 is 2. The summed E-state index contributed by atoms with van der Waals surface area (Å²) in [5.74, 6) is -0.393. The molecule has 0 aliphatic carbocycles. The standard InChI is InChI=1S/C55H57N10O13P/c1-32(2)51(67)62-54-61-50-47(53(69)63-54)59-31-65(50)44-25-40(75-33(3)66)43(77-44)28-74-79(6,70)78-41-26-45(64-30-58-46-48(56-29-57-49(46)64)60-52(68)34-13-9-7-10-14-34)76-42(41)27-73-55(35-15-11-8-12-16-35,36-17-21-38(71-4)22-18-36)37-19-23-39(72-5)24-20-37/h7-24,29-32,40-45H,25-28H2,1-6H3,(H,56,57,60,68)(H2,61,62,63,67,69)/t40-,41-,42+,43+,44+,45+,79?/m0/s1. The smallest absolute Gasteiger partial charge is 0.328 e. The first-order valence-electron chi connectivity index (χ1n) is 25.3. The molecular formula is C55H57N10O13P. The average molecular weight is 1100 g/mol. The van der Waals surface area contributed by atoms with Gasteiger partial charge in [0, 0.05) is 37.9 Å². The first-order chi connectivity index (χ1) is 38.1. The van der Waals surface area contributed by atoms with E-state index in [0.29, 0.717) is 28.2 Å². The van der Waals surface area contributed by atoms with Crippen molar-refractivity contribution < 1.29 is 56.4 Å². The van der Waals surface area contributed by atoms with Crippen molar-refractivity contribution in [1.29, 1.82) is 0 Å². The number of aromatic nitrogens is 8. The van der Waals surface area contributed by atoms with Crippen LogP contribution in [0, 0.1) is 5.92 Å². The molecule has 23 nitrogen and oxygen atoms in total. The number of aromatic amines is 1. The summed E-state index contributed by atoms with van der Waals surface area (Å²) in [6.45, 7) is 5.45. The second kappa shape index (κ2) is 23.0. The van der Waals surface area contributed by atoms with E-state index in [0.717, 1.165) is 16.7 Å². The lowest BCUT2D eigenvalue weighted by Crippen LogP contribution is -2.38. The van der Waals surface area contributed by atoms with Crippen molar-refractivity contribution >= 4 is 59.5 Å². The summed E-state index contributed by atoms with van der Waals surface area (Å²) in [5, 5.41) is 5.44. The van der Waals surface area contributed by atoms with Crippen molar-refractivity contribution in [2.75, 3.05) is 44.7 Å². The molecule has 7 atom stereocenters. The van der Waals surface area contributed by atoms with Crippen molar-refractivity contribution in [1.82, 2.24) is 39.0 Å². The van der Waals surface area contributed by atoms with Crippen LogP contribution in [-0.2, 0) is 47.8 Å². The highest BCUT2D eigenvalue weighted by Gasteiger charge is 2.46. The number of carbonyl (C=O) groups excluding carboxylic acids is 3. The van der Waals surface area contributed by atoms with Gasteiger partial charge in [0.1, 0.15) is 54.2 Å². The fourth-order valence-corrected chi connectivity index (χ4v) is 10.8. The summed E-state index contributed by atoms with van der Waals surface area (Å²) in [5.41, 5.74) is 1.55. The minimum atomic E-state index is -4.11. The van der Waals surface area contributed by atoms with Gasteiger partial charge >= 0.3 is 13.6 Å². The fraction of sp³-hybridized carbons (Fsp3) is 0.327. The number of H-pyrrole nitrogens is 1. The van der Waals surface area contributed by atoms with Gasteiger partial charge in [0.05, 0.1) is 46.2 Å². The lowest BCUT2D eigenvalue weighted by Gasteiger charge is -2.37. The van der Waals surface area contributed by atoms with Gasteiger partial charge < -0.3 is 42.8 Å². The number of benzene rings is 4. The molecule has 2 saturated heterocycles. The van der Waals surface area contributed by atoms with Crippen molar-refractivity contribution in [3.05, 3.63) is 161 Å². The van der Waals surface area contributed by atoms with Gasteiger partial charge in [-0.15, -0.1) is 0 Å². The van der Waals surface area contributed by atoms with Gasteiger partial charge in [0.2, 0.25) is 11.9 Å². The molecule has 2 amide bonds. The van der Waals surface area contributed by atoms with Gasteiger partial charge in [-0.2, -0.15) is 4.98 Å². The highest BCUT2D eigenvalue weighted by Crippen LogP contribution is 2.51. The molecule has 6 heterocycles. The quantitative estimate of drug-likeness (QED) is 0.0377. The maximum atomic E-state index is 14.8. The summed E-state index contributed by atoms with van der Waals surface area (Å²) < 4.78 is 68.1. The molecule has 10 rings (SSSR count). The van der Waals surface area contributed by atoms with Crippen molar-refractivity contribution in [2.45, 2.75) is 76.1 Å². The van der Waals surface area contributed by atoms with E-state index in [1.54, 1.807) is 56.9 Å². The summed E-state index contributed by atoms with van der Waals surface area (Å²) in [6, 6.07) is 33.5. The Hall–Kier alpha value is -8.18. The van der Waals surface area contributed by atoms with Crippen LogP contribution in [0.5, 0.6) is 11.5 Å². The third kappa shape index (κ3) is 11.5. The monoisotopic (exact) mass is 1100 g/mol. The second-order valence-electron chi connectivity index (χ2n) is 19.2. The Balaban J connectivity index is 0.954. The van der Waals surface area contributed by atoms with Crippen molar-refractivity contribution in [3.63, 3.8) is 0 Å². The lowest BCUT2D eigenvalue weighted by molar-refractivity contribution is -0.150. The van der Waals surface area contributed by atoms with Gasteiger partial charge in [-0.25, -0.2) is 19.9 Å². The summed E-state index contributed by atoms with van der Waals surface area (Å²) >= 11 is 0. The van der Waals surface area contributed by atoms with E-state index in [-0.39, 0.29) is 54.9 Å². The van der Waals surface area contributed by atoms with Crippen LogP contribution in [0.1, 0.15) is 73.1 Å². The van der Waals surface area contributed by atoms with Gasteiger partial charge in [-0.05, 0) is 53.1 Å². The maximum Gasteiger partial charge on any atom is 0.328 e. The molecule has 2 aliphatic rings. The largest absolute Gasteiger partial charge is 0.497 e. The van der Waals surface area contributed by atoms with Gasteiger partial charge in [-0.3, -0.25) is 43.2 Å². The SMILES string of the molecule is COc1ccc(C(OC[C@H]2O[C@@H](n3cnc4c(NC(=O)c5ccccc5)ncnc43)C[C@@H]2OP(C)(=O)OC[C@H]2O[C@@H](n3cnc4c(=O)[nH]c(NC(=O)C(C)C)nc43)C[C@@H]2OC(C)=O)(c2ccccc2)c2ccc(OC)cc2)cc1. The predicted molar refractivity (Wildman–Crippen MR) is 287 cm³/mol. The topological polar surface area (TPSA) is 273 Å². The molecule has 2 fully saturated rings. The number of ether oxygens (including phenoxy) is 6. The lowest BCUT2D eigenvalue weighted by atomic mass is 9.80. The third-order valence-electron chi connectivity index (χ3n) is 13.6. The molecule has 0 spiro atoms. The molecule has 2 aliphatic heterocycles. The van der Waals surface area contributed by atoms with E-state index in [4.69, 9.17) is 37.5 Å². The van der Waals surface area contributed by atoms with Crippen LogP contribution in [-0.4, -0.2) is 115 Å². The Labute approximate surface area is 452 Å². The molecule has 8 aromatic rings. The normalized spacial score (nSPS) is 20.0. The van der Waals surface area contributed by atoms with Gasteiger partial charge in [0.25, 0.3) is 11.5 Å². The highest BCUT2D eigenvalue weighted by molar-refractivity contribution is 7.53. The van der Waals surface area contributed by atoms with Crippen molar-refractivity contribution in [3.8, 4) is 11.5 Å². The van der Waals surface area contributed by atoms with E-state index in [9.17, 15) is 23.7 Å². The number of fused-ring (bicyclic) bond motifs is 2. The molecule has 79 heavy (non-hydrogen) atoms. The molecule has 4 aromatic carbocycles. The molecule has 4 aromatic heterocycles. The summed E-state index contributed by atoms with van der Waals surface area (Å²) in [6.07, 6.45) is -1.23. The van der Waals surface area contributed by atoms with E-state index < -0.39 is 73.4 Å². The first kappa shape index (κ1) is 54.2.